The molecule has 1 rings (SSSR count). The van der Waals surface area contributed by atoms with E-state index in [2.05, 4.69) is 35.1 Å². The maximum atomic E-state index is 12.5. The van der Waals surface area contributed by atoms with E-state index in [1.165, 1.54) is 0 Å². The average molecular weight is 326 g/mol. The van der Waals surface area contributed by atoms with Crippen LogP contribution in [0, 0.1) is 5.92 Å². The molecule has 0 aliphatic carbocycles. The number of hydrogen-bond donors (Lipinski definition) is 1. The summed E-state index contributed by atoms with van der Waals surface area (Å²) in [6.07, 6.45) is 0.953. The van der Waals surface area contributed by atoms with Crippen LogP contribution in [0.2, 0.25) is 0 Å². The van der Waals surface area contributed by atoms with Gasteiger partial charge in [0.15, 0.2) is 0 Å². The van der Waals surface area contributed by atoms with Crippen LogP contribution in [0.1, 0.15) is 39.7 Å². The summed E-state index contributed by atoms with van der Waals surface area (Å²) in [5, 5.41) is 4.09. The van der Waals surface area contributed by atoms with Gasteiger partial charge in [-0.2, -0.15) is 0 Å². The molecule has 3 heteroatoms. The molecule has 0 aliphatic rings. The first-order chi connectivity index (χ1) is 8.89. The number of rotatable bonds is 6. The molecule has 1 amide bonds. The van der Waals surface area contributed by atoms with E-state index in [4.69, 9.17) is 0 Å². The number of amides is 1. The van der Waals surface area contributed by atoms with E-state index in [9.17, 15) is 4.79 Å². The molecule has 1 aromatic carbocycles. The van der Waals surface area contributed by atoms with Crippen molar-refractivity contribution in [2.24, 2.45) is 5.92 Å². The number of carbonyl (C=O) groups excluding carboxylic acids is 1. The van der Waals surface area contributed by atoms with E-state index < -0.39 is 5.41 Å². The van der Waals surface area contributed by atoms with Crippen molar-refractivity contribution >= 4 is 21.8 Å². The van der Waals surface area contributed by atoms with Gasteiger partial charge in [-0.25, -0.2) is 0 Å². The van der Waals surface area contributed by atoms with Gasteiger partial charge in [0, 0.05) is 11.4 Å². The van der Waals surface area contributed by atoms with Crippen molar-refractivity contribution in [2.45, 2.75) is 45.6 Å². The van der Waals surface area contributed by atoms with Crippen LogP contribution in [-0.2, 0) is 10.2 Å². The first kappa shape index (κ1) is 16.2. The minimum absolute atomic E-state index is 0.0957. The predicted molar refractivity (Wildman–Crippen MR) is 84.6 cm³/mol. The van der Waals surface area contributed by atoms with Crippen LogP contribution in [-0.4, -0.2) is 17.3 Å². The van der Waals surface area contributed by atoms with E-state index in [1.54, 1.807) is 0 Å². The summed E-state index contributed by atoms with van der Waals surface area (Å²) in [7, 11) is 0. The Bertz CT molecular complexity index is 400. The number of halogens is 1. The van der Waals surface area contributed by atoms with Crippen LogP contribution < -0.4 is 5.32 Å². The van der Waals surface area contributed by atoms with E-state index in [0.29, 0.717) is 5.92 Å². The Kier molecular flexibility index (Phi) is 6.05. The lowest BCUT2D eigenvalue weighted by atomic mass is 9.83. The lowest BCUT2D eigenvalue weighted by Crippen LogP contribution is -2.47. The van der Waals surface area contributed by atoms with E-state index in [0.717, 1.165) is 17.3 Å². The van der Waals surface area contributed by atoms with Crippen LogP contribution in [0.5, 0.6) is 0 Å². The van der Waals surface area contributed by atoms with Crippen LogP contribution in [0.3, 0.4) is 0 Å². The van der Waals surface area contributed by atoms with Crippen LogP contribution in [0.4, 0.5) is 0 Å². The highest BCUT2D eigenvalue weighted by Crippen LogP contribution is 2.24. The fraction of sp³-hybridized carbons (Fsp3) is 0.562. The molecule has 1 aromatic rings. The summed E-state index contributed by atoms with van der Waals surface area (Å²) in [4.78, 5) is 12.5. The van der Waals surface area contributed by atoms with Crippen LogP contribution in [0.15, 0.2) is 30.3 Å². The van der Waals surface area contributed by atoms with Gasteiger partial charge in [0.05, 0.1) is 5.41 Å². The van der Waals surface area contributed by atoms with E-state index in [-0.39, 0.29) is 11.9 Å². The molecule has 1 atom stereocenters. The van der Waals surface area contributed by atoms with Crippen molar-refractivity contribution in [1.29, 1.82) is 0 Å². The largest absolute Gasteiger partial charge is 0.352 e. The quantitative estimate of drug-likeness (QED) is 0.790. The molecular formula is C16H24BrNO. The standard InChI is InChI=1S/C16H24BrNO/c1-12(2)14(10-11-17)18-15(19)16(3,4)13-8-6-5-7-9-13/h5-9,12,14H,10-11H2,1-4H3,(H,18,19). The topological polar surface area (TPSA) is 29.1 Å². The third kappa shape index (κ3) is 4.34. The van der Waals surface area contributed by atoms with Crippen molar-refractivity contribution in [1.82, 2.24) is 5.32 Å². The number of alkyl halides is 1. The minimum atomic E-state index is -0.499. The number of nitrogens with one attached hydrogen (secondary N) is 1. The zero-order chi connectivity index (χ0) is 14.5. The molecular weight excluding hydrogens is 302 g/mol. The third-order valence-corrected chi connectivity index (χ3v) is 4.06. The summed E-state index contributed by atoms with van der Waals surface area (Å²) in [6, 6.07) is 10.2. The smallest absolute Gasteiger partial charge is 0.230 e. The first-order valence-corrected chi connectivity index (χ1v) is 7.94. The summed E-state index contributed by atoms with van der Waals surface area (Å²) in [6.45, 7) is 8.23. The second-order valence-corrected chi connectivity index (χ2v) is 6.59. The summed E-state index contributed by atoms with van der Waals surface area (Å²) >= 11 is 3.45. The van der Waals surface area contributed by atoms with Gasteiger partial charge in [-0.05, 0) is 31.7 Å². The molecule has 0 radical (unpaired) electrons. The molecule has 19 heavy (non-hydrogen) atoms. The maximum Gasteiger partial charge on any atom is 0.230 e. The lowest BCUT2D eigenvalue weighted by molar-refractivity contribution is -0.126. The van der Waals surface area contributed by atoms with Crippen molar-refractivity contribution in [3.8, 4) is 0 Å². The zero-order valence-electron chi connectivity index (χ0n) is 12.2. The molecule has 0 aliphatic heterocycles. The lowest BCUT2D eigenvalue weighted by Gasteiger charge is -2.29. The molecule has 0 saturated heterocycles. The highest BCUT2D eigenvalue weighted by atomic mass is 79.9. The molecule has 1 unspecified atom stereocenters. The average Bonchev–Trinajstić information content (AvgIpc) is 2.38. The normalized spacial score (nSPS) is 13.4. The Morgan fingerprint density at radius 3 is 2.32 bits per heavy atom. The Labute approximate surface area is 125 Å². The van der Waals surface area contributed by atoms with E-state index in [1.807, 2.05) is 44.2 Å². The monoisotopic (exact) mass is 325 g/mol. The Balaban J connectivity index is 2.81. The Hall–Kier alpha value is -0.830. The number of carbonyl (C=O) groups is 1. The van der Waals surface area contributed by atoms with Gasteiger partial charge in [0.2, 0.25) is 5.91 Å². The van der Waals surface area contributed by atoms with Crippen LogP contribution >= 0.6 is 15.9 Å². The predicted octanol–water partition coefficient (Wildman–Crippen LogP) is 3.89. The van der Waals surface area contributed by atoms with Gasteiger partial charge < -0.3 is 5.32 Å². The van der Waals surface area contributed by atoms with Gasteiger partial charge in [-0.3, -0.25) is 4.79 Å². The molecule has 0 fully saturated rings. The summed E-state index contributed by atoms with van der Waals surface area (Å²) in [5.41, 5.74) is 0.551. The summed E-state index contributed by atoms with van der Waals surface area (Å²) in [5.74, 6) is 0.534. The minimum Gasteiger partial charge on any atom is -0.352 e. The maximum absolute atomic E-state index is 12.5. The Morgan fingerprint density at radius 2 is 1.84 bits per heavy atom. The molecule has 0 aromatic heterocycles. The molecule has 106 valence electrons. The second kappa shape index (κ2) is 7.09. The fourth-order valence-corrected chi connectivity index (χ4v) is 2.52. The Morgan fingerprint density at radius 1 is 1.26 bits per heavy atom. The molecule has 0 bridgehead atoms. The third-order valence-electron chi connectivity index (χ3n) is 3.60. The van der Waals surface area contributed by atoms with Crippen molar-refractivity contribution < 1.29 is 4.79 Å². The highest BCUT2D eigenvalue weighted by Gasteiger charge is 2.31. The van der Waals surface area contributed by atoms with Gasteiger partial charge in [0.1, 0.15) is 0 Å². The number of hydrogen-bond acceptors (Lipinski definition) is 1. The van der Waals surface area contributed by atoms with Gasteiger partial charge in [-0.1, -0.05) is 60.1 Å². The zero-order valence-corrected chi connectivity index (χ0v) is 13.8. The molecule has 0 spiro atoms. The number of benzene rings is 1. The molecule has 1 N–H and O–H groups in total. The summed E-state index contributed by atoms with van der Waals surface area (Å²) < 4.78 is 0. The molecule has 0 saturated carbocycles. The van der Waals surface area contributed by atoms with Crippen molar-refractivity contribution in [3.05, 3.63) is 35.9 Å². The SMILES string of the molecule is CC(C)C(CCBr)NC(=O)C(C)(C)c1ccccc1. The molecule has 2 nitrogen and oxygen atoms in total. The van der Waals surface area contributed by atoms with Gasteiger partial charge >= 0.3 is 0 Å². The van der Waals surface area contributed by atoms with Crippen molar-refractivity contribution in [3.63, 3.8) is 0 Å². The van der Waals surface area contributed by atoms with Crippen molar-refractivity contribution in [2.75, 3.05) is 5.33 Å². The first-order valence-electron chi connectivity index (χ1n) is 6.82. The second-order valence-electron chi connectivity index (χ2n) is 5.79. The van der Waals surface area contributed by atoms with Crippen LogP contribution in [0.25, 0.3) is 0 Å². The van der Waals surface area contributed by atoms with E-state index >= 15 is 0 Å². The fourth-order valence-electron chi connectivity index (χ4n) is 2.02. The molecule has 0 heterocycles. The van der Waals surface area contributed by atoms with Gasteiger partial charge in [-0.15, -0.1) is 0 Å². The highest BCUT2D eigenvalue weighted by molar-refractivity contribution is 9.09. The van der Waals surface area contributed by atoms with Gasteiger partial charge in [0.25, 0.3) is 0 Å².